The quantitative estimate of drug-likeness (QED) is 0.357. The number of hydrogen-bond donors (Lipinski definition) is 1. The molecule has 0 amide bonds. The summed E-state index contributed by atoms with van der Waals surface area (Å²) in [5, 5.41) is 3.48. The maximum Gasteiger partial charge on any atom is 0.0538 e. The van der Waals surface area contributed by atoms with E-state index >= 15 is 0 Å². The fraction of sp³-hybridized carbons (Fsp3) is 0.364. The van der Waals surface area contributed by atoms with Gasteiger partial charge in [-0.1, -0.05) is 26.0 Å². The maximum absolute atomic E-state index is 5.06. The van der Waals surface area contributed by atoms with Crippen molar-refractivity contribution in [1.82, 2.24) is 0 Å². The van der Waals surface area contributed by atoms with E-state index in [4.69, 9.17) is 5.84 Å². The van der Waals surface area contributed by atoms with Crippen molar-refractivity contribution in [1.29, 1.82) is 0 Å². The lowest BCUT2D eigenvalue weighted by molar-refractivity contribution is 0.750. The van der Waals surface area contributed by atoms with Gasteiger partial charge in [-0.15, -0.1) is 11.8 Å². The van der Waals surface area contributed by atoms with Crippen molar-refractivity contribution in [3.8, 4) is 0 Å². The molecule has 0 saturated heterocycles. The van der Waals surface area contributed by atoms with Crippen LogP contribution in [0.5, 0.6) is 0 Å². The van der Waals surface area contributed by atoms with Gasteiger partial charge in [0.2, 0.25) is 0 Å². The van der Waals surface area contributed by atoms with E-state index in [1.807, 2.05) is 23.9 Å². The van der Waals surface area contributed by atoms with Crippen LogP contribution < -0.4 is 5.84 Å². The van der Waals surface area contributed by atoms with Gasteiger partial charge in [0.15, 0.2) is 0 Å². The van der Waals surface area contributed by atoms with Crippen molar-refractivity contribution in [2.75, 3.05) is 5.75 Å². The summed E-state index contributed by atoms with van der Waals surface area (Å²) in [5.74, 6) is 6.95. The first-order chi connectivity index (χ1) is 6.72. The van der Waals surface area contributed by atoms with E-state index in [0.717, 1.165) is 17.2 Å². The Morgan fingerprint density at radius 3 is 2.50 bits per heavy atom. The largest absolute Gasteiger partial charge is 0.323 e. The minimum absolute atomic E-state index is 0.727. The second-order valence-electron chi connectivity index (χ2n) is 3.55. The predicted molar refractivity (Wildman–Crippen MR) is 63.8 cm³/mol. The normalized spacial score (nSPS) is 11.4. The third-order valence-corrected chi connectivity index (χ3v) is 3.13. The van der Waals surface area contributed by atoms with Crippen LogP contribution in [0, 0.1) is 5.92 Å². The van der Waals surface area contributed by atoms with E-state index in [1.54, 1.807) is 6.21 Å². The fourth-order valence-electron chi connectivity index (χ4n) is 0.999. The van der Waals surface area contributed by atoms with Crippen LogP contribution in [0.3, 0.4) is 0 Å². The highest BCUT2D eigenvalue weighted by molar-refractivity contribution is 7.99. The molecule has 0 heterocycles. The molecule has 0 bridgehead atoms. The van der Waals surface area contributed by atoms with Gasteiger partial charge in [-0.05, 0) is 23.6 Å². The van der Waals surface area contributed by atoms with Crippen LogP contribution in [0.2, 0.25) is 0 Å². The highest BCUT2D eigenvalue weighted by Gasteiger charge is 1.96. The average Bonchev–Trinajstić information content (AvgIpc) is 2.17. The summed E-state index contributed by atoms with van der Waals surface area (Å²) in [5.41, 5.74) is 1.04. The van der Waals surface area contributed by atoms with E-state index in [-0.39, 0.29) is 0 Å². The Morgan fingerprint density at radius 1 is 1.36 bits per heavy atom. The van der Waals surface area contributed by atoms with E-state index in [2.05, 4.69) is 31.1 Å². The highest BCUT2D eigenvalue weighted by atomic mass is 32.2. The summed E-state index contributed by atoms with van der Waals surface area (Å²) in [6.07, 6.45) is 1.65. The standard InChI is InChI=1S/C11H16N2S/c1-9(2)8-14-11-5-3-10(4-6-11)7-13-12/h3-7,9H,8,12H2,1-2H3. The Kier molecular flexibility index (Phi) is 4.53. The van der Waals surface area contributed by atoms with Crippen molar-refractivity contribution in [3.63, 3.8) is 0 Å². The van der Waals surface area contributed by atoms with Crippen molar-refractivity contribution < 1.29 is 0 Å². The fourth-order valence-corrected chi connectivity index (χ4v) is 1.85. The van der Waals surface area contributed by atoms with Gasteiger partial charge in [0, 0.05) is 10.6 Å². The smallest absolute Gasteiger partial charge is 0.0538 e. The summed E-state index contributed by atoms with van der Waals surface area (Å²) < 4.78 is 0. The van der Waals surface area contributed by atoms with Crippen molar-refractivity contribution in [2.24, 2.45) is 16.9 Å². The molecule has 0 fully saturated rings. The Hall–Kier alpha value is -0.960. The van der Waals surface area contributed by atoms with Gasteiger partial charge in [-0.25, -0.2) is 0 Å². The van der Waals surface area contributed by atoms with Gasteiger partial charge in [-0.2, -0.15) is 5.10 Å². The lowest BCUT2D eigenvalue weighted by Gasteiger charge is -2.04. The summed E-state index contributed by atoms with van der Waals surface area (Å²) in [4.78, 5) is 1.30. The number of hydrazone groups is 1. The number of nitrogens with two attached hydrogens (primary N) is 1. The zero-order chi connectivity index (χ0) is 10.4. The van der Waals surface area contributed by atoms with Gasteiger partial charge in [0.25, 0.3) is 0 Å². The number of hydrogen-bond acceptors (Lipinski definition) is 3. The SMILES string of the molecule is CC(C)CSc1ccc(C=NN)cc1. The predicted octanol–water partition coefficient (Wildman–Crippen LogP) is 2.73. The van der Waals surface area contributed by atoms with Crippen LogP contribution in [0.4, 0.5) is 0 Å². The summed E-state index contributed by atoms with van der Waals surface area (Å²) >= 11 is 1.88. The lowest BCUT2D eigenvalue weighted by atomic mass is 10.2. The molecule has 2 N–H and O–H groups in total. The Labute approximate surface area is 89.6 Å². The van der Waals surface area contributed by atoms with Gasteiger partial charge < -0.3 is 5.84 Å². The van der Waals surface area contributed by atoms with Crippen molar-refractivity contribution in [2.45, 2.75) is 18.7 Å². The van der Waals surface area contributed by atoms with Gasteiger partial charge in [-0.3, -0.25) is 0 Å². The van der Waals surface area contributed by atoms with Crippen LogP contribution in [0.25, 0.3) is 0 Å². The molecular formula is C11H16N2S. The topological polar surface area (TPSA) is 38.4 Å². The molecule has 14 heavy (non-hydrogen) atoms. The Balaban J connectivity index is 2.55. The first kappa shape index (κ1) is 11.1. The molecule has 1 aromatic carbocycles. The zero-order valence-corrected chi connectivity index (χ0v) is 9.42. The first-order valence-electron chi connectivity index (χ1n) is 4.68. The molecule has 0 unspecified atom stereocenters. The summed E-state index contributed by atoms with van der Waals surface area (Å²) in [6.45, 7) is 4.45. The molecule has 0 aliphatic rings. The molecular weight excluding hydrogens is 192 g/mol. The van der Waals surface area contributed by atoms with Crippen LogP contribution >= 0.6 is 11.8 Å². The summed E-state index contributed by atoms with van der Waals surface area (Å²) in [6, 6.07) is 8.26. The Morgan fingerprint density at radius 2 is 2.00 bits per heavy atom. The zero-order valence-electron chi connectivity index (χ0n) is 8.60. The molecule has 0 atom stereocenters. The minimum Gasteiger partial charge on any atom is -0.323 e. The van der Waals surface area contributed by atoms with Crippen molar-refractivity contribution in [3.05, 3.63) is 29.8 Å². The molecule has 0 aliphatic heterocycles. The molecule has 76 valence electrons. The average molecular weight is 208 g/mol. The van der Waals surface area contributed by atoms with E-state index in [1.165, 1.54) is 4.90 Å². The second kappa shape index (κ2) is 5.70. The lowest BCUT2D eigenvalue weighted by Crippen LogP contribution is -1.90. The molecule has 0 aliphatic carbocycles. The second-order valence-corrected chi connectivity index (χ2v) is 4.65. The van der Waals surface area contributed by atoms with Crippen LogP contribution in [0.1, 0.15) is 19.4 Å². The molecule has 2 nitrogen and oxygen atoms in total. The number of nitrogens with zero attached hydrogens (tertiary/aromatic N) is 1. The highest BCUT2D eigenvalue weighted by Crippen LogP contribution is 2.20. The van der Waals surface area contributed by atoms with Crippen LogP contribution in [-0.2, 0) is 0 Å². The van der Waals surface area contributed by atoms with Gasteiger partial charge in [0.1, 0.15) is 0 Å². The molecule has 3 heteroatoms. The molecule has 0 saturated carbocycles. The summed E-state index contributed by atoms with van der Waals surface area (Å²) in [7, 11) is 0. The third-order valence-electron chi connectivity index (χ3n) is 1.69. The van der Waals surface area contributed by atoms with Crippen molar-refractivity contribution >= 4 is 18.0 Å². The number of thioether (sulfide) groups is 1. The van der Waals surface area contributed by atoms with E-state index in [0.29, 0.717) is 0 Å². The van der Waals surface area contributed by atoms with Gasteiger partial charge >= 0.3 is 0 Å². The molecule has 1 rings (SSSR count). The molecule has 0 radical (unpaired) electrons. The van der Waals surface area contributed by atoms with Crippen LogP contribution in [0.15, 0.2) is 34.3 Å². The van der Waals surface area contributed by atoms with Crippen LogP contribution in [-0.4, -0.2) is 12.0 Å². The van der Waals surface area contributed by atoms with E-state index in [9.17, 15) is 0 Å². The van der Waals surface area contributed by atoms with E-state index < -0.39 is 0 Å². The molecule has 1 aromatic rings. The molecule has 0 aromatic heterocycles. The monoisotopic (exact) mass is 208 g/mol. The maximum atomic E-state index is 5.06. The Bertz CT molecular complexity index is 291. The number of benzene rings is 1. The van der Waals surface area contributed by atoms with Gasteiger partial charge in [0.05, 0.1) is 6.21 Å². The number of rotatable bonds is 4. The third kappa shape index (κ3) is 3.83. The first-order valence-corrected chi connectivity index (χ1v) is 5.67. The molecule has 0 spiro atoms. The minimum atomic E-state index is 0.727.